The first-order valence-electron chi connectivity index (χ1n) is 7.89. The van der Waals surface area contributed by atoms with Crippen LogP contribution in [0, 0.1) is 5.41 Å². The topological polar surface area (TPSA) is 64.8 Å². The minimum absolute atomic E-state index is 0. The molecule has 5 nitrogen and oxygen atoms in total. The van der Waals surface area contributed by atoms with Crippen LogP contribution < -0.4 is 20.1 Å². The molecule has 0 saturated heterocycles. The molecular weight excluding hydrogens is 328 g/mol. The van der Waals surface area contributed by atoms with E-state index in [9.17, 15) is 4.79 Å². The van der Waals surface area contributed by atoms with Gasteiger partial charge in [-0.3, -0.25) is 4.79 Å². The Labute approximate surface area is 150 Å². The third kappa shape index (κ3) is 3.33. The summed E-state index contributed by atoms with van der Waals surface area (Å²) in [6.07, 6.45) is 0.691. The predicted molar refractivity (Wildman–Crippen MR) is 99.5 cm³/mol. The molecule has 0 saturated carbocycles. The molecule has 0 aliphatic carbocycles. The van der Waals surface area contributed by atoms with E-state index in [-0.39, 0.29) is 24.4 Å². The summed E-state index contributed by atoms with van der Waals surface area (Å²) >= 11 is 0. The zero-order valence-electron chi connectivity index (χ0n) is 15.6. The van der Waals surface area contributed by atoms with Crippen LogP contribution in [0.25, 0.3) is 0 Å². The zero-order chi connectivity index (χ0) is 17.6. The number of hydrogen-bond acceptors (Lipinski definition) is 4. The van der Waals surface area contributed by atoms with Crippen molar-refractivity contribution < 1.29 is 14.3 Å². The Balaban J connectivity index is 0.00000288. The number of benzene rings is 1. The van der Waals surface area contributed by atoms with Crippen LogP contribution in [0.2, 0.25) is 0 Å². The van der Waals surface area contributed by atoms with Crippen LogP contribution in [0.15, 0.2) is 12.1 Å². The molecule has 1 atom stereocenters. The van der Waals surface area contributed by atoms with Gasteiger partial charge in [0, 0.05) is 17.5 Å². The molecule has 6 heteroatoms. The Morgan fingerprint density at radius 2 is 1.71 bits per heavy atom. The lowest BCUT2D eigenvalue weighted by Gasteiger charge is -2.49. The van der Waals surface area contributed by atoms with Crippen molar-refractivity contribution in [3.8, 4) is 11.5 Å². The van der Waals surface area contributed by atoms with Crippen molar-refractivity contribution in [3.63, 3.8) is 0 Å². The number of halogens is 1. The smallest absolute Gasteiger partial charge is 0.232 e. The predicted octanol–water partition coefficient (Wildman–Crippen LogP) is 3.17. The highest BCUT2D eigenvalue weighted by molar-refractivity contribution is 6.00. The number of carbonyl (C=O) groups excluding carboxylic acids is 1. The summed E-state index contributed by atoms with van der Waals surface area (Å²) in [4.78, 5) is 14.9. The molecule has 1 aliphatic heterocycles. The van der Waals surface area contributed by atoms with Gasteiger partial charge in [0.1, 0.15) is 0 Å². The van der Waals surface area contributed by atoms with Crippen molar-refractivity contribution in [2.45, 2.75) is 52.6 Å². The van der Waals surface area contributed by atoms with Gasteiger partial charge < -0.3 is 20.1 Å². The van der Waals surface area contributed by atoms with Crippen molar-refractivity contribution in [2.24, 2.45) is 11.1 Å². The number of nitrogens with zero attached hydrogens (tertiary/aromatic N) is 1. The molecule has 0 spiro atoms. The zero-order valence-corrected chi connectivity index (χ0v) is 16.4. The van der Waals surface area contributed by atoms with Crippen molar-refractivity contribution in [1.29, 1.82) is 0 Å². The van der Waals surface area contributed by atoms with Crippen LogP contribution in [0.5, 0.6) is 11.5 Å². The fraction of sp³-hybridized carbons (Fsp3) is 0.611. The van der Waals surface area contributed by atoms with Crippen LogP contribution in [-0.4, -0.2) is 31.7 Å². The Hall–Kier alpha value is -1.46. The lowest BCUT2D eigenvalue weighted by Crippen LogP contribution is -2.63. The third-order valence-electron chi connectivity index (χ3n) is 4.59. The molecule has 24 heavy (non-hydrogen) atoms. The molecule has 2 N–H and O–H groups in total. The van der Waals surface area contributed by atoms with E-state index in [1.54, 1.807) is 14.2 Å². The fourth-order valence-corrected chi connectivity index (χ4v) is 2.95. The molecule has 1 aromatic rings. The highest BCUT2D eigenvalue weighted by Crippen LogP contribution is 2.43. The minimum atomic E-state index is -0.501. The van der Waals surface area contributed by atoms with Gasteiger partial charge in [-0.1, -0.05) is 20.8 Å². The second-order valence-corrected chi connectivity index (χ2v) is 7.69. The molecule has 136 valence electrons. The number of carbonyl (C=O) groups is 1. The van der Waals surface area contributed by atoms with Gasteiger partial charge in [-0.15, -0.1) is 12.4 Å². The van der Waals surface area contributed by atoms with Gasteiger partial charge in [-0.25, -0.2) is 0 Å². The van der Waals surface area contributed by atoms with Crippen LogP contribution in [-0.2, 0) is 11.2 Å². The Bertz CT molecular complexity index is 623. The van der Waals surface area contributed by atoms with Crippen molar-refractivity contribution in [2.75, 3.05) is 19.1 Å². The van der Waals surface area contributed by atoms with Gasteiger partial charge in [-0.05, 0) is 31.9 Å². The molecule has 0 fully saturated rings. The van der Waals surface area contributed by atoms with Crippen LogP contribution >= 0.6 is 12.4 Å². The first-order valence-corrected chi connectivity index (χ1v) is 7.89. The number of ether oxygens (including phenoxy) is 2. The van der Waals surface area contributed by atoms with Crippen LogP contribution in [0.1, 0.15) is 40.2 Å². The molecule has 1 aliphatic rings. The molecule has 0 radical (unpaired) electrons. The Kier molecular flexibility index (Phi) is 5.84. The number of rotatable bonds is 2. The van der Waals surface area contributed by atoms with Gasteiger partial charge >= 0.3 is 0 Å². The SMILES string of the molecule is COc1cc2c(cc1OC)N(C(=O)C(C)(C)C)C(C)(C)C(N)C2.Cl. The van der Waals surface area contributed by atoms with E-state index in [1.807, 2.05) is 51.7 Å². The first-order chi connectivity index (χ1) is 10.5. The molecular formula is C18H29ClN2O3. The average Bonchev–Trinajstić information content (AvgIpc) is 2.45. The van der Waals surface area contributed by atoms with Crippen LogP contribution in [0.3, 0.4) is 0 Å². The maximum absolute atomic E-state index is 13.1. The maximum Gasteiger partial charge on any atom is 0.232 e. The quantitative estimate of drug-likeness (QED) is 0.883. The molecule has 1 heterocycles. The van der Waals surface area contributed by atoms with Gasteiger partial charge in [-0.2, -0.15) is 0 Å². The number of anilines is 1. The maximum atomic E-state index is 13.1. The summed E-state index contributed by atoms with van der Waals surface area (Å²) < 4.78 is 10.8. The number of nitrogens with two attached hydrogens (primary N) is 1. The number of amides is 1. The second kappa shape index (κ2) is 6.81. The minimum Gasteiger partial charge on any atom is -0.493 e. The number of fused-ring (bicyclic) bond motifs is 1. The van der Waals surface area contributed by atoms with E-state index in [4.69, 9.17) is 15.2 Å². The van der Waals surface area contributed by atoms with Gasteiger partial charge in [0.05, 0.1) is 25.4 Å². The summed E-state index contributed by atoms with van der Waals surface area (Å²) in [5.74, 6) is 1.32. The lowest BCUT2D eigenvalue weighted by atomic mass is 9.80. The largest absolute Gasteiger partial charge is 0.493 e. The molecule has 2 rings (SSSR count). The number of methoxy groups -OCH3 is 2. The molecule has 1 amide bonds. The lowest BCUT2D eigenvalue weighted by molar-refractivity contribution is -0.127. The van der Waals surface area contributed by atoms with Crippen molar-refractivity contribution in [1.82, 2.24) is 0 Å². The van der Waals surface area contributed by atoms with Crippen LogP contribution in [0.4, 0.5) is 5.69 Å². The first kappa shape index (κ1) is 20.6. The summed E-state index contributed by atoms with van der Waals surface area (Å²) in [5, 5.41) is 0. The molecule has 1 unspecified atom stereocenters. The highest BCUT2D eigenvalue weighted by atomic mass is 35.5. The third-order valence-corrected chi connectivity index (χ3v) is 4.59. The standard InChI is InChI=1S/C18H28N2O3.ClH/c1-17(2,3)16(21)20-12-10-14(23-7)13(22-6)8-11(12)9-15(19)18(20,4)5;/h8,10,15H,9,19H2,1-7H3;1H. The van der Waals surface area contributed by atoms with E-state index < -0.39 is 11.0 Å². The second-order valence-electron chi connectivity index (χ2n) is 7.69. The molecule has 0 bridgehead atoms. The van der Waals surface area contributed by atoms with E-state index >= 15 is 0 Å². The molecule has 1 aromatic carbocycles. The van der Waals surface area contributed by atoms with Crippen molar-refractivity contribution >= 4 is 24.0 Å². The summed E-state index contributed by atoms with van der Waals surface area (Å²) in [5.41, 5.74) is 7.28. The van der Waals surface area contributed by atoms with E-state index in [0.29, 0.717) is 17.9 Å². The van der Waals surface area contributed by atoms with E-state index in [2.05, 4.69) is 0 Å². The van der Waals surface area contributed by atoms with Gasteiger partial charge in [0.25, 0.3) is 0 Å². The summed E-state index contributed by atoms with van der Waals surface area (Å²) in [6.45, 7) is 9.80. The monoisotopic (exact) mass is 356 g/mol. The molecule has 0 aromatic heterocycles. The van der Waals surface area contributed by atoms with E-state index in [1.165, 1.54) is 0 Å². The Morgan fingerprint density at radius 3 is 2.17 bits per heavy atom. The highest BCUT2D eigenvalue weighted by Gasteiger charge is 2.45. The van der Waals surface area contributed by atoms with E-state index in [0.717, 1.165) is 11.3 Å². The summed E-state index contributed by atoms with van der Waals surface area (Å²) in [7, 11) is 3.20. The fourth-order valence-electron chi connectivity index (χ4n) is 2.95. The normalized spacial score (nSPS) is 19.2. The average molecular weight is 357 g/mol. The van der Waals surface area contributed by atoms with Gasteiger partial charge in [0.2, 0.25) is 5.91 Å². The summed E-state index contributed by atoms with van der Waals surface area (Å²) in [6, 6.07) is 3.65. The van der Waals surface area contributed by atoms with Crippen molar-refractivity contribution in [3.05, 3.63) is 17.7 Å². The Morgan fingerprint density at radius 1 is 1.21 bits per heavy atom. The number of hydrogen-bond donors (Lipinski definition) is 1. The van der Waals surface area contributed by atoms with Gasteiger partial charge in [0.15, 0.2) is 11.5 Å².